The van der Waals surface area contributed by atoms with Gasteiger partial charge in [-0.15, -0.1) is 0 Å². The molecule has 0 atom stereocenters. The number of carbonyl (C=O) groups is 3. The molecule has 0 saturated carbocycles. The summed E-state index contributed by atoms with van der Waals surface area (Å²) < 4.78 is 37.5. The van der Waals surface area contributed by atoms with Gasteiger partial charge in [0.1, 0.15) is 0 Å². The molecule has 0 fully saturated rings. The molecule has 0 aliphatic carbocycles. The molecule has 2 aromatic carbocycles. The number of imide groups is 1. The van der Waals surface area contributed by atoms with Crippen molar-refractivity contribution in [3.8, 4) is 0 Å². The van der Waals surface area contributed by atoms with Gasteiger partial charge in [0.25, 0.3) is 11.8 Å². The van der Waals surface area contributed by atoms with Gasteiger partial charge in [-0.2, -0.15) is 13.2 Å². The van der Waals surface area contributed by atoms with Crippen LogP contribution >= 0.6 is 0 Å². The average molecular weight is 377 g/mol. The van der Waals surface area contributed by atoms with E-state index in [1.54, 1.807) is 24.3 Å². The number of carbonyl (C=O) groups excluding carboxylic acids is 3. The second kappa shape index (κ2) is 7.10. The molecule has 1 aliphatic heterocycles. The van der Waals surface area contributed by atoms with Crippen molar-refractivity contribution in [3.05, 3.63) is 65.2 Å². The van der Waals surface area contributed by atoms with Gasteiger partial charge >= 0.3 is 12.2 Å². The van der Waals surface area contributed by atoms with E-state index in [-0.39, 0.29) is 18.8 Å². The molecule has 1 aliphatic rings. The van der Waals surface area contributed by atoms with Crippen molar-refractivity contribution in [1.82, 2.24) is 10.2 Å². The SMILES string of the molecule is O=C(NCCN1C(=O)c2ccccc2C1=O)Nc1ccc(C(F)(F)F)cc1. The Labute approximate surface area is 152 Å². The van der Waals surface area contributed by atoms with Crippen molar-refractivity contribution in [3.63, 3.8) is 0 Å². The van der Waals surface area contributed by atoms with Crippen LogP contribution in [0.1, 0.15) is 26.3 Å². The summed E-state index contributed by atoms with van der Waals surface area (Å²) in [6.45, 7) is -0.0231. The van der Waals surface area contributed by atoms with Gasteiger partial charge < -0.3 is 10.6 Å². The van der Waals surface area contributed by atoms with E-state index in [4.69, 9.17) is 0 Å². The molecule has 0 saturated heterocycles. The largest absolute Gasteiger partial charge is 0.416 e. The van der Waals surface area contributed by atoms with Crippen molar-refractivity contribution in [2.45, 2.75) is 6.18 Å². The maximum atomic E-state index is 12.5. The smallest absolute Gasteiger partial charge is 0.336 e. The number of nitrogens with zero attached hydrogens (tertiary/aromatic N) is 1. The summed E-state index contributed by atoms with van der Waals surface area (Å²) in [6, 6.07) is 9.74. The fourth-order valence-corrected chi connectivity index (χ4v) is 2.64. The summed E-state index contributed by atoms with van der Waals surface area (Å²) in [5.74, 6) is -0.860. The maximum Gasteiger partial charge on any atom is 0.416 e. The zero-order valence-corrected chi connectivity index (χ0v) is 13.8. The summed E-state index contributed by atoms with van der Waals surface area (Å²) in [4.78, 5) is 37.2. The minimum atomic E-state index is -4.45. The number of amides is 4. The normalized spacial score (nSPS) is 13.5. The van der Waals surface area contributed by atoms with E-state index in [2.05, 4.69) is 10.6 Å². The number of halogens is 3. The minimum Gasteiger partial charge on any atom is -0.336 e. The Morgan fingerprint density at radius 1 is 0.926 bits per heavy atom. The Kier molecular flexibility index (Phi) is 4.85. The average Bonchev–Trinajstić information content (AvgIpc) is 2.87. The Morgan fingerprint density at radius 2 is 1.48 bits per heavy atom. The van der Waals surface area contributed by atoms with Crippen LogP contribution in [-0.2, 0) is 6.18 Å². The lowest BCUT2D eigenvalue weighted by molar-refractivity contribution is -0.137. The first kappa shape index (κ1) is 18.4. The molecule has 0 spiro atoms. The van der Waals surface area contributed by atoms with Gasteiger partial charge in [0.2, 0.25) is 0 Å². The van der Waals surface area contributed by atoms with Crippen LogP contribution in [0.25, 0.3) is 0 Å². The van der Waals surface area contributed by atoms with Gasteiger partial charge in [-0.3, -0.25) is 14.5 Å². The standard InChI is InChI=1S/C18H14F3N3O3/c19-18(20,21)11-5-7-12(8-6-11)23-17(27)22-9-10-24-15(25)13-3-1-2-4-14(13)16(24)26/h1-8H,9-10H2,(H2,22,23,27). The predicted molar refractivity (Wildman–Crippen MR) is 90.3 cm³/mol. The summed E-state index contributed by atoms with van der Waals surface area (Å²) >= 11 is 0. The summed E-state index contributed by atoms with van der Waals surface area (Å²) in [5, 5.41) is 4.83. The van der Waals surface area contributed by atoms with Crippen molar-refractivity contribution < 1.29 is 27.6 Å². The van der Waals surface area contributed by atoms with E-state index in [0.29, 0.717) is 11.1 Å². The number of hydrogen-bond donors (Lipinski definition) is 2. The van der Waals surface area contributed by atoms with E-state index in [9.17, 15) is 27.6 Å². The quantitative estimate of drug-likeness (QED) is 0.804. The van der Waals surface area contributed by atoms with Gasteiger partial charge in [-0.1, -0.05) is 12.1 Å². The van der Waals surface area contributed by atoms with E-state index in [1.807, 2.05) is 0 Å². The number of fused-ring (bicyclic) bond motifs is 1. The number of alkyl halides is 3. The van der Waals surface area contributed by atoms with E-state index >= 15 is 0 Å². The molecule has 1 heterocycles. The summed E-state index contributed by atoms with van der Waals surface area (Å²) in [5.41, 5.74) is -0.00581. The molecular formula is C18H14F3N3O3. The summed E-state index contributed by atoms with van der Waals surface area (Å²) in [6.07, 6.45) is -4.45. The number of anilines is 1. The highest BCUT2D eigenvalue weighted by molar-refractivity contribution is 6.21. The fourth-order valence-electron chi connectivity index (χ4n) is 2.64. The van der Waals surface area contributed by atoms with E-state index in [1.165, 1.54) is 0 Å². The lowest BCUT2D eigenvalue weighted by Gasteiger charge is -2.14. The molecule has 2 aromatic rings. The van der Waals surface area contributed by atoms with E-state index in [0.717, 1.165) is 29.2 Å². The Hall–Kier alpha value is -3.36. The third-order valence-electron chi connectivity index (χ3n) is 3.97. The lowest BCUT2D eigenvalue weighted by Crippen LogP contribution is -2.39. The van der Waals surface area contributed by atoms with Crippen LogP contribution in [0.5, 0.6) is 0 Å². The van der Waals surface area contributed by atoms with Crippen LogP contribution in [0.2, 0.25) is 0 Å². The lowest BCUT2D eigenvalue weighted by atomic mass is 10.1. The fraction of sp³-hybridized carbons (Fsp3) is 0.167. The second-order valence-corrected chi connectivity index (χ2v) is 5.76. The first-order chi connectivity index (χ1) is 12.8. The van der Waals surface area contributed by atoms with Crippen LogP contribution in [0.3, 0.4) is 0 Å². The molecule has 0 aromatic heterocycles. The van der Waals surface area contributed by atoms with Gasteiger partial charge in [0, 0.05) is 18.8 Å². The molecule has 0 bridgehead atoms. The Bertz CT molecular complexity index is 860. The Balaban J connectivity index is 1.51. The molecule has 4 amide bonds. The second-order valence-electron chi connectivity index (χ2n) is 5.76. The number of hydrogen-bond acceptors (Lipinski definition) is 3. The topological polar surface area (TPSA) is 78.5 Å². The molecule has 0 radical (unpaired) electrons. The van der Waals surface area contributed by atoms with Crippen molar-refractivity contribution in [2.75, 3.05) is 18.4 Å². The Morgan fingerprint density at radius 3 is 2.00 bits per heavy atom. The van der Waals surface area contributed by atoms with Gasteiger partial charge in [0.05, 0.1) is 16.7 Å². The highest BCUT2D eigenvalue weighted by atomic mass is 19.4. The third-order valence-corrected chi connectivity index (χ3v) is 3.97. The van der Waals surface area contributed by atoms with Gasteiger partial charge in [0.15, 0.2) is 0 Å². The van der Waals surface area contributed by atoms with Crippen LogP contribution in [0.4, 0.5) is 23.7 Å². The highest BCUT2D eigenvalue weighted by Crippen LogP contribution is 2.29. The zero-order valence-electron chi connectivity index (χ0n) is 13.8. The monoisotopic (exact) mass is 377 g/mol. The van der Waals surface area contributed by atoms with Crippen molar-refractivity contribution >= 4 is 23.5 Å². The molecule has 9 heteroatoms. The zero-order chi connectivity index (χ0) is 19.6. The molecule has 3 rings (SSSR count). The van der Waals surface area contributed by atoms with Gasteiger partial charge in [-0.05, 0) is 36.4 Å². The third kappa shape index (κ3) is 3.91. The van der Waals surface area contributed by atoms with Crippen LogP contribution in [0, 0.1) is 0 Å². The highest BCUT2D eigenvalue weighted by Gasteiger charge is 2.34. The number of nitrogens with one attached hydrogen (secondary N) is 2. The minimum absolute atomic E-state index is 0.00205. The predicted octanol–water partition coefficient (Wildman–Crippen LogP) is 3.12. The maximum absolute atomic E-state index is 12.5. The first-order valence-corrected chi connectivity index (χ1v) is 7.95. The number of rotatable bonds is 4. The van der Waals surface area contributed by atoms with Gasteiger partial charge in [-0.25, -0.2) is 4.79 Å². The van der Waals surface area contributed by atoms with Crippen LogP contribution in [0.15, 0.2) is 48.5 Å². The molecule has 27 heavy (non-hydrogen) atoms. The summed E-state index contributed by atoms with van der Waals surface area (Å²) in [7, 11) is 0. The van der Waals surface area contributed by atoms with Crippen molar-refractivity contribution in [1.29, 1.82) is 0 Å². The first-order valence-electron chi connectivity index (χ1n) is 7.95. The van der Waals surface area contributed by atoms with E-state index < -0.39 is 29.6 Å². The molecule has 0 unspecified atom stereocenters. The van der Waals surface area contributed by atoms with Crippen LogP contribution < -0.4 is 10.6 Å². The van der Waals surface area contributed by atoms with Crippen molar-refractivity contribution in [2.24, 2.45) is 0 Å². The molecule has 2 N–H and O–H groups in total. The number of benzene rings is 2. The molecule has 140 valence electrons. The molecular weight excluding hydrogens is 363 g/mol. The number of urea groups is 1. The van der Waals surface area contributed by atoms with Crippen LogP contribution in [-0.4, -0.2) is 35.8 Å². The molecule has 6 nitrogen and oxygen atoms in total.